The van der Waals surface area contributed by atoms with Crippen molar-refractivity contribution in [3.05, 3.63) is 62.3 Å². The minimum absolute atomic E-state index is 0.0481. The topological polar surface area (TPSA) is 129 Å². The molecule has 0 bridgehead atoms. The highest BCUT2D eigenvalue weighted by molar-refractivity contribution is 7.18. The average Bonchev–Trinajstić information content (AvgIpc) is 3.10. The number of benzene rings is 1. The number of fused-ring (bicyclic) bond motifs is 1. The molecule has 4 aromatic rings. The van der Waals surface area contributed by atoms with Crippen LogP contribution in [0.15, 0.2) is 29.1 Å². The third-order valence-corrected chi connectivity index (χ3v) is 7.48. The van der Waals surface area contributed by atoms with Crippen molar-refractivity contribution in [2.24, 2.45) is 0 Å². The largest absolute Gasteiger partial charge is 0.368 e. The molecule has 4 N–H and O–H groups in total. The summed E-state index contributed by atoms with van der Waals surface area (Å²) in [4.78, 5) is 40.0. The van der Waals surface area contributed by atoms with Gasteiger partial charge in [-0.3, -0.25) is 14.6 Å². The third-order valence-electron chi connectivity index (χ3n) is 6.38. The first kappa shape index (κ1) is 23.3. The summed E-state index contributed by atoms with van der Waals surface area (Å²) in [6, 6.07) is 7.96. The summed E-state index contributed by atoms with van der Waals surface area (Å²) < 4.78 is 0. The van der Waals surface area contributed by atoms with E-state index in [-0.39, 0.29) is 11.5 Å². The molecule has 35 heavy (non-hydrogen) atoms. The molecule has 0 radical (unpaired) electrons. The van der Waals surface area contributed by atoms with E-state index in [1.165, 1.54) is 0 Å². The molecule has 0 unspecified atom stereocenters. The highest BCUT2D eigenvalue weighted by Crippen LogP contribution is 2.26. The number of aromatic nitrogens is 5. The van der Waals surface area contributed by atoms with Crippen LogP contribution in [-0.4, -0.2) is 60.9 Å². The van der Waals surface area contributed by atoms with Gasteiger partial charge in [-0.25, -0.2) is 4.98 Å². The summed E-state index contributed by atoms with van der Waals surface area (Å²) in [5.41, 5.74) is 8.98. The molecule has 1 saturated heterocycles. The number of nitrogens with one attached hydrogen (secondary N) is 2. The lowest BCUT2D eigenvalue weighted by molar-refractivity contribution is 0.118. The highest BCUT2D eigenvalue weighted by atomic mass is 32.1. The van der Waals surface area contributed by atoms with Crippen LogP contribution in [0.4, 0.5) is 17.6 Å². The Bertz CT molecular complexity index is 1420. The van der Waals surface area contributed by atoms with Gasteiger partial charge in [0.15, 0.2) is 0 Å². The molecule has 182 valence electrons. The van der Waals surface area contributed by atoms with Crippen molar-refractivity contribution in [2.45, 2.75) is 33.9 Å². The number of thiophene rings is 1. The fraction of sp³-hybridized carbons (Fsp3) is 0.375. The van der Waals surface area contributed by atoms with Crippen LogP contribution < -0.4 is 16.6 Å². The van der Waals surface area contributed by atoms with Gasteiger partial charge in [0.2, 0.25) is 11.9 Å². The van der Waals surface area contributed by atoms with Gasteiger partial charge in [0.1, 0.15) is 16.5 Å². The fourth-order valence-corrected chi connectivity index (χ4v) is 5.34. The Kier molecular flexibility index (Phi) is 6.46. The Hall–Kier alpha value is -3.41. The number of aryl methyl sites for hydroxylation is 3. The number of para-hydroxylation sites is 1. The van der Waals surface area contributed by atoms with Gasteiger partial charge >= 0.3 is 0 Å². The fourth-order valence-electron chi connectivity index (χ4n) is 4.29. The Labute approximate surface area is 207 Å². The quantitative estimate of drug-likeness (QED) is 0.373. The Balaban J connectivity index is 1.20. The van der Waals surface area contributed by atoms with Crippen LogP contribution in [0.3, 0.4) is 0 Å². The summed E-state index contributed by atoms with van der Waals surface area (Å²) in [6.45, 7) is 10.7. The number of nitrogens with zero attached hydrogens (tertiary/aromatic N) is 6. The number of anilines is 3. The van der Waals surface area contributed by atoms with Gasteiger partial charge in [-0.15, -0.1) is 11.3 Å². The number of nitrogens with two attached hydrogens (primary N) is 1. The molecule has 0 saturated carbocycles. The molecular formula is C24H29N9OS. The zero-order valence-electron chi connectivity index (χ0n) is 20.1. The Morgan fingerprint density at radius 1 is 1.00 bits per heavy atom. The number of rotatable bonds is 6. The molecule has 10 nitrogen and oxygen atoms in total. The number of aromatic amines is 1. The van der Waals surface area contributed by atoms with Crippen molar-refractivity contribution in [1.82, 2.24) is 34.7 Å². The lowest BCUT2D eigenvalue weighted by Crippen LogP contribution is -2.46. The molecule has 0 atom stereocenters. The van der Waals surface area contributed by atoms with E-state index < -0.39 is 0 Å². The standard InChI is InChI=1S/C24H29N9OS/c1-14-6-4-5-7-17(14)26-24-30-19(29-23(25)31-24)13-33-10-8-32(9-11-33)12-18-27-21(34)20-15(2)16(3)35-22(20)28-18/h4-7H,8-13H2,1-3H3,(H,27,28,34)(H3,25,26,29,30,31). The summed E-state index contributed by atoms with van der Waals surface area (Å²) in [6.07, 6.45) is 0. The van der Waals surface area contributed by atoms with E-state index in [4.69, 9.17) is 10.7 Å². The Morgan fingerprint density at radius 2 is 1.71 bits per heavy atom. The molecule has 1 aliphatic rings. The van der Waals surface area contributed by atoms with E-state index in [0.29, 0.717) is 30.2 Å². The second-order valence-corrected chi connectivity index (χ2v) is 10.1. The zero-order chi connectivity index (χ0) is 24.5. The first-order valence-corrected chi connectivity index (χ1v) is 12.4. The predicted molar refractivity (Wildman–Crippen MR) is 139 cm³/mol. The monoisotopic (exact) mass is 491 g/mol. The minimum atomic E-state index is -0.0481. The molecule has 1 fully saturated rings. The smallest absolute Gasteiger partial charge is 0.259 e. The van der Waals surface area contributed by atoms with Crippen LogP contribution in [0, 0.1) is 20.8 Å². The molecule has 3 aromatic heterocycles. The Morgan fingerprint density at radius 3 is 2.46 bits per heavy atom. The van der Waals surface area contributed by atoms with Crippen molar-refractivity contribution < 1.29 is 0 Å². The maximum Gasteiger partial charge on any atom is 0.259 e. The van der Waals surface area contributed by atoms with Gasteiger partial charge in [0.05, 0.1) is 18.5 Å². The van der Waals surface area contributed by atoms with Crippen LogP contribution in [0.2, 0.25) is 0 Å². The molecule has 0 amide bonds. The maximum atomic E-state index is 12.6. The van der Waals surface area contributed by atoms with Crippen molar-refractivity contribution in [3.63, 3.8) is 0 Å². The lowest BCUT2D eigenvalue weighted by Gasteiger charge is -2.33. The average molecular weight is 492 g/mol. The zero-order valence-corrected chi connectivity index (χ0v) is 20.9. The molecule has 5 rings (SSSR count). The minimum Gasteiger partial charge on any atom is -0.368 e. The molecule has 0 aliphatic carbocycles. The van der Waals surface area contributed by atoms with E-state index in [9.17, 15) is 4.79 Å². The number of hydrogen-bond donors (Lipinski definition) is 3. The molecule has 4 heterocycles. The number of piperazine rings is 1. The van der Waals surface area contributed by atoms with E-state index >= 15 is 0 Å². The van der Waals surface area contributed by atoms with Gasteiger partial charge in [-0.05, 0) is 38.0 Å². The van der Waals surface area contributed by atoms with Gasteiger partial charge in [-0.2, -0.15) is 15.0 Å². The maximum absolute atomic E-state index is 12.6. The van der Waals surface area contributed by atoms with E-state index in [0.717, 1.165) is 58.5 Å². The van der Waals surface area contributed by atoms with E-state index in [2.05, 4.69) is 35.1 Å². The first-order valence-electron chi connectivity index (χ1n) is 11.6. The molecule has 11 heteroatoms. The summed E-state index contributed by atoms with van der Waals surface area (Å²) in [7, 11) is 0. The number of H-pyrrole nitrogens is 1. The molecule has 1 aliphatic heterocycles. The van der Waals surface area contributed by atoms with Gasteiger partial charge < -0.3 is 16.0 Å². The van der Waals surface area contributed by atoms with E-state index in [1.54, 1.807) is 11.3 Å². The van der Waals surface area contributed by atoms with Crippen LogP contribution in [-0.2, 0) is 13.1 Å². The van der Waals surface area contributed by atoms with Crippen LogP contribution in [0.25, 0.3) is 10.2 Å². The number of nitrogen functional groups attached to an aromatic ring is 1. The second-order valence-electron chi connectivity index (χ2n) is 8.90. The molecule has 1 aromatic carbocycles. The van der Waals surface area contributed by atoms with Crippen molar-refractivity contribution in [3.8, 4) is 0 Å². The normalized spacial score (nSPS) is 15.1. The van der Waals surface area contributed by atoms with Crippen LogP contribution in [0.5, 0.6) is 0 Å². The molecular weight excluding hydrogens is 462 g/mol. The highest BCUT2D eigenvalue weighted by Gasteiger charge is 2.20. The lowest BCUT2D eigenvalue weighted by atomic mass is 10.2. The SMILES string of the molecule is Cc1ccccc1Nc1nc(N)nc(CN2CCN(Cc3nc4sc(C)c(C)c4c(=O)[nH]3)CC2)n1. The van der Waals surface area contributed by atoms with E-state index in [1.807, 2.05) is 45.0 Å². The van der Waals surface area contributed by atoms with Crippen molar-refractivity contribution in [1.29, 1.82) is 0 Å². The summed E-state index contributed by atoms with van der Waals surface area (Å²) in [5.74, 6) is 2.01. The summed E-state index contributed by atoms with van der Waals surface area (Å²) in [5, 5.41) is 3.96. The third kappa shape index (κ3) is 5.16. The van der Waals surface area contributed by atoms with Crippen molar-refractivity contribution in [2.75, 3.05) is 37.2 Å². The van der Waals surface area contributed by atoms with Crippen LogP contribution in [0.1, 0.15) is 27.7 Å². The van der Waals surface area contributed by atoms with Crippen molar-refractivity contribution >= 4 is 39.1 Å². The summed E-state index contributed by atoms with van der Waals surface area (Å²) >= 11 is 1.58. The number of hydrogen-bond acceptors (Lipinski definition) is 10. The van der Waals surface area contributed by atoms with Crippen LogP contribution >= 0.6 is 11.3 Å². The van der Waals surface area contributed by atoms with Gasteiger partial charge in [0, 0.05) is 36.7 Å². The first-order chi connectivity index (χ1) is 16.9. The second kappa shape index (κ2) is 9.68. The molecule has 0 spiro atoms. The predicted octanol–water partition coefficient (Wildman–Crippen LogP) is 2.74. The van der Waals surface area contributed by atoms with Gasteiger partial charge in [-0.1, -0.05) is 18.2 Å². The van der Waals surface area contributed by atoms with Gasteiger partial charge in [0.25, 0.3) is 5.56 Å².